The van der Waals surface area contributed by atoms with Gasteiger partial charge < -0.3 is 14.8 Å². The van der Waals surface area contributed by atoms with Crippen molar-refractivity contribution >= 4 is 11.6 Å². The molecule has 1 aromatic carbocycles. The number of pyridine rings is 1. The lowest BCUT2D eigenvalue weighted by molar-refractivity contribution is 0.123. The summed E-state index contributed by atoms with van der Waals surface area (Å²) in [5.74, 6) is 0.551. The molecule has 6 heteroatoms. The number of allylic oxidation sites excluding steroid dienone is 2. The molecular formula is C36H46N6. The van der Waals surface area contributed by atoms with Crippen molar-refractivity contribution in [3.05, 3.63) is 107 Å². The number of rotatable bonds is 8. The van der Waals surface area contributed by atoms with Crippen LogP contribution in [0.3, 0.4) is 0 Å². The zero-order chi connectivity index (χ0) is 29.6. The Bertz CT molecular complexity index is 1510. The number of fused-ring (bicyclic) bond motifs is 2. The Morgan fingerprint density at radius 1 is 1.10 bits per heavy atom. The van der Waals surface area contributed by atoms with Crippen LogP contribution in [0.2, 0.25) is 0 Å². The molecule has 0 amide bonds. The first-order chi connectivity index (χ1) is 20.1. The highest BCUT2D eigenvalue weighted by Crippen LogP contribution is 2.45. The quantitative estimate of drug-likeness (QED) is 0.324. The van der Waals surface area contributed by atoms with Crippen molar-refractivity contribution in [3.63, 3.8) is 0 Å². The summed E-state index contributed by atoms with van der Waals surface area (Å²) in [4.78, 5) is 14.7. The van der Waals surface area contributed by atoms with Crippen molar-refractivity contribution in [3.8, 4) is 0 Å². The van der Waals surface area contributed by atoms with Crippen LogP contribution >= 0.6 is 0 Å². The lowest BCUT2D eigenvalue weighted by Gasteiger charge is -2.42. The lowest BCUT2D eigenvalue weighted by Crippen LogP contribution is -2.47. The molecule has 3 aliphatic rings. The van der Waals surface area contributed by atoms with Gasteiger partial charge in [-0.15, -0.1) is 0 Å². The smallest absolute Gasteiger partial charge is 0.0946 e. The summed E-state index contributed by atoms with van der Waals surface area (Å²) in [6.45, 7) is 21.9. The number of hydrogen-bond acceptors (Lipinski definition) is 5. The topological polar surface area (TPSA) is 49.2 Å². The van der Waals surface area contributed by atoms with Gasteiger partial charge in [0.25, 0.3) is 0 Å². The van der Waals surface area contributed by atoms with E-state index in [2.05, 4.69) is 109 Å². The van der Waals surface area contributed by atoms with E-state index >= 15 is 0 Å². The molecular weight excluding hydrogens is 516 g/mol. The molecule has 0 bridgehead atoms. The van der Waals surface area contributed by atoms with E-state index in [1.807, 2.05) is 18.7 Å². The molecule has 6 rings (SSSR count). The van der Waals surface area contributed by atoms with Crippen molar-refractivity contribution in [2.45, 2.75) is 59.0 Å². The molecule has 2 unspecified atom stereocenters. The molecule has 2 aromatic heterocycles. The van der Waals surface area contributed by atoms with Crippen molar-refractivity contribution < 1.29 is 0 Å². The second-order valence-corrected chi connectivity index (χ2v) is 13.7. The number of nitrogens with zero attached hydrogens (tertiary/aromatic N) is 5. The maximum Gasteiger partial charge on any atom is 0.0946 e. The predicted molar refractivity (Wildman–Crippen MR) is 172 cm³/mol. The van der Waals surface area contributed by atoms with Crippen LogP contribution in [0.15, 0.2) is 73.6 Å². The fourth-order valence-electron chi connectivity index (χ4n) is 6.65. The molecule has 1 aliphatic heterocycles. The van der Waals surface area contributed by atoms with Gasteiger partial charge in [-0.1, -0.05) is 63.8 Å². The van der Waals surface area contributed by atoms with Crippen molar-refractivity contribution in [2.24, 2.45) is 18.4 Å². The molecule has 2 aliphatic carbocycles. The molecule has 6 nitrogen and oxygen atoms in total. The summed E-state index contributed by atoms with van der Waals surface area (Å²) in [6, 6.07) is 11.3. The number of hydrogen-bond donors (Lipinski definition) is 1. The van der Waals surface area contributed by atoms with Crippen LogP contribution in [0.5, 0.6) is 0 Å². The van der Waals surface area contributed by atoms with E-state index in [4.69, 9.17) is 4.98 Å². The van der Waals surface area contributed by atoms with Gasteiger partial charge in [-0.2, -0.15) is 0 Å². The van der Waals surface area contributed by atoms with Gasteiger partial charge in [-0.3, -0.25) is 9.88 Å². The summed E-state index contributed by atoms with van der Waals surface area (Å²) in [5.41, 5.74) is 11.1. The van der Waals surface area contributed by atoms with Gasteiger partial charge in [0.15, 0.2) is 0 Å². The number of nitrogens with one attached hydrogen (secondary N) is 1. The Balaban J connectivity index is 1.41. The first-order valence-electron chi connectivity index (χ1n) is 15.4. The maximum absolute atomic E-state index is 5.06. The van der Waals surface area contributed by atoms with Crippen molar-refractivity contribution in [2.75, 3.05) is 26.2 Å². The average Bonchev–Trinajstić information content (AvgIpc) is 3.74. The molecule has 0 radical (unpaired) electrons. The van der Waals surface area contributed by atoms with Crippen molar-refractivity contribution in [1.82, 2.24) is 29.7 Å². The third-order valence-corrected chi connectivity index (χ3v) is 8.98. The Kier molecular flexibility index (Phi) is 7.61. The number of aromatic nitrogens is 3. The van der Waals surface area contributed by atoms with Gasteiger partial charge >= 0.3 is 0 Å². The highest BCUT2D eigenvalue weighted by Gasteiger charge is 2.36. The zero-order valence-corrected chi connectivity index (χ0v) is 26.0. The fourth-order valence-corrected chi connectivity index (χ4v) is 6.65. The van der Waals surface area contributed by atoms with Gasteiger partial charge in [0, 0.05) is 50.8 Å². The summed E-state index contributed by atoms with van der Waals surface area (Å²) in [5, 5.41) is 3.87. The average molecular weight is 563 g/mol. The van der Waals surface area contributed by atoms with Crippen LogP contribution < -0.4 is 5.32 Å². The van der Waals surface area contributed by atoms with Gasteiger partial charge in [0.1, 0.15) is 0 Å². The minimum Gasteiger partial charge on any atom is -0.376 e. The molecule has 2 fully saturated rings. The molecule has 42 heavy (non-hydrogen) atoms. The van der Waals surface area contributed by atoms with Crippen LogP contribution in [0.25, 0.3) is 11.6 Å². The third kappa shape index (κ3) is 5.82. The van der Waals surface area contributed by atoms with E-state index in [0.717, 1.165) is 49.7 Å². The first kappa shape index (κ1) is 28.5. The minimum atomic E-state index is -0.0736. The SMILES string of the molecule is C=C(NC(C1=Cc2cccnc2C(N2CCN(C(=C)CC(C)(C)C)CC2)c2ccc(C)cc21)c1cncn1C)C1CC1. The van der Waals surface area contributed by atoms with E-state index in [0.29, 0.717) is 5.92 Å². The van der Waals surface area contributed by atoms with Crippen LogP contribution in [-0.4, -0.2) is 50.5 Å². The predicted octanol–water partition coefficient (Wildman–Crippen LogP) is 6.89. The van der Waals surface area contributed by atoms with Crippen LogP contribution in [0.4, 0.5) is 0 Å². The van der Waals surface area contributed by atoms with Gasteiger partial charge in [-0.25, -0.2) is 4.98 Å². The normalized spacial score (nSPS) is 19.8. The molecule has 1 N–H and O–H groups in total. The zero-order valence-electron chi connectivity index (χ0n) is 26.0. The molecule has 0 spiro atoms. The third-order valence-electron chi connectivity index (χ3n) is 8.98. The minimum absolute atomic E-state index is 0.0717. The molecule has 1 saturated carbocycles. The summed E-state index contributed by atoms with van der Waals surface area (Å²) in [7, 11) is 2.08. The molecule has 1 saturated heterocycles. The van der Waals surface area contributed by atoms with Gasteiger partial charge in [0.05, 0.1) is 36.0 Å². The van der Waals surface area contributed by atoms with E-state index in [-0.39, 0.29) is 17.5 Å². The van der Waals surface area contributed by atoms with E-state index in [1.165, 1.54) is 46.4 Å². The number of piperazine rings is 1. The van der Waals surface area contributed by atoms with E-state index in [9.17, 15) is 0 Å². The van der Waals surface area contributed by atoms with Crippen LogP contribution in [0.1, 0.15) is 85.8 Å². The van der Waals surface area contributed by atoms with Crippen molar-refractivity contribution in [1.29, 1.82) is 0 Å². The molecule has 3 heterocycles. The summed E-state index contributed by atoms with van der Waals surface area (Å²) >= 11 is 0. The Morgan fingerprint density at radius 2 is 1.86 bits per heavy atom. The number of benzene rings is 1. The Labute approximate surface area is 251 Å². The van der Waals surface area contributed by atoms with Crippen LogP contribution in [-0.2, 0) is 7.05 Å². The highest BCUT2D eigenvalue weighted by molar-refractivity contribution is 5.89. The molecule has 2 atom stereocenters. The second kappa shape index (κ2) is 11.2. The largest absolute Gasteiger partial charge is 0.376 e. The van der Waals surface area contributed by atoms with Gasteiger partial charge in [0.2, 0.25) is 0 Å². The maximum atomic E-state index is 5.06. The van der Waals surface area contributed by atoms with E-state index in [1.54, 1.807) is 0 Å². The van der Waals surface area contributed by atoms with Gasteiger partial charge in [-0.05, 0) is 71.9 Å². The molecule has 220 valence electrons. The Morgan fingerprint density at radius 3 is 2.52 bits per heavy atom. The molecule has 3 aromatic rings. The summed E-state index contributed by atoms with van der Waals surface area (Å²) < 4.78 is 2.13. The first-order valence-corrected chi connectivity index (χ1v) is 15.4. The monoisotopic (exact) mass is 562 g/mol. The lowest BCUT2D eigenvalue weighted by atomic mass is 9.88. The summed E-state index contributed by atoms with van der Waals surface area (Å²) in [6.07, 6.45) is 11.6. The Hall–Kier alpha value is -3.64. The standard InChI is InChI=1S/C36H46N6/c1-24-10-13-29-30(19-24)31(34(32-22-37-23-40(32)7)39-26(3)27-11-12-27)20-28-9-8-14-38-33(28)35(29)42-17-15-41(16-18-42)25(2)21-36(4,5)6/h8-10,13-14,19-20,22-23,27,34-35,39H,2-3,11-12,15-18,21H2,1,4-7H3. The fraction of sp³-hybridized carbons (Fsp3) is 0.444. The van der Waals surface area contributed by atoms with Crippen LogP contribution in [0, 0.1) is 18.3 Å². The number of aryl methyl sites for hydroxylation is 2. The highest BCUT2D eigenvalue weighted by atomic mass is 15.3. The number of imidazole rings is 1. The second-order valence-electron chi connectivity index (χ2n) is 13.7. The van der Waals surface area contributed by atoms with E-state index < -0.39 is 0 Å².